The second kappa shape index (κ2) is 10.6. The number of nitrogen functional groups attached to an aromatic ring is 1. The Morgan fingerprint density at radius 2 is 1.89 bits per heavy atom. The third kappa shape index (κ3) is 5.70. The summed E-state index contributed by atoms with van der Waals surface area (Å²) in [5.74, 6) is -0.169. The standard InChI is InChI=1S/C10H14N5O8P.2H3N.H2O.Pt/c11-10-13-7-4(8(18)14-10)12-2-15(7)9-6(17)5(16)3(23-9)1-22-24(19,20)21;;;;/h2-3,5-6,9,16-17,19-21H,1H2,(H2-,11,13,14,18);2*1H3;1H2;/t3-,5-,6-,9-;;;;/m0..../s1. The second-order valence-electron chi connectivity index (χ2n) is 5.13. The fraction of sp³-hybridized carbons (Fsp3) is 0.500. The first-order valence-electron chi connectivity index (χ1n) is 6.63. The van der Waals surface area contributed by atoms with Crippen molar-refractivity contribution >= 4 is 25.3 Å². The molecule has 1 fully saturated rings. The number of aromatic nitrogens is 4. The molecule has 4 atom stereocenters. The largest absolute Gasteiger partial charge is 0.870 e. The summed E-state index contributed by atoms with van der Waals surface area (Å²) in [4.78, 5) is 48.2. The van der Waals surface area contributed by atoms with Crippen LogP contribution in [0.25, 0.3) is 11.2 Å². The second-order valence-corrected chi connectivity index (χ2v) is 6.42. The molecule has 18 heteroatoms. The molecule has 0 spiro atoms. The molecule has 0 radical (unpaired) electrons. The molecule has 166 valence electrons. The number of H-pyrrole nitrogens is 1. The van der Waals surface area contributed by atoms with Crippen molar-refractivity contribution in [3.8, 4) is 0 Å². The molecule has 2 aromatic rings. The van der Waals surface area contributed by atoms with Crippen LogP contribution in [0, 0.1) is 0 Å². The molecule has 0 bridgehead atoms. The number of nitrogens with two attached hydrogens (primary N) is 1. The number of aromatic amines is 1. The first-order chi connectivity index (χ1) is 11.2. The predicted octanol–water partition coefficient (Wildman–Crippen LogP) is -2.86. The Hall–Kier alpha value is -1.13. The van der Waals surface area contributed by atoms with E-state index >= 15 is 0 Å². The summed E-state index contributed by atoms with van der Waals surface area (Å²) in [6, 6.07) is 0. The van der Waals surface area contributed by atoms with E-state index in [9.17, 15) is 15.0 Å². The predicted molar refractivity (Wildman–Crippen MR) is 90.0 cm³/mol. The number of nitrogens with one attached hydrogen (secondary N) is 1. The van der Waals surface area contributed by atoms with Crippen LogP contribution >= 0.6 is 8.17 Å². The summed E-state index contributed by atoms with van der Waals surface area (Å²) in [7, 11) is -4.51. The van der Waals surface area contributed by atoms with E-state index in [1.54, 1.807) is 0 Å². The van der Waals surface area contributed by atoms with E-state index in [0.717, 1.165) is 0 Å². The molecule has 1 aliphatic heterocycles. The molecule has 28 heavy (non-hydrogen) atoms. The van der Waals surface area contributed by atoms with E-state index in [1.807, 2.05) is 0 Å². The Bertz CT molecular complexity index is 815. The van der Waals surface area contributed by atoms with Crippen LogP contribution in [0.3, 0.4) is 0 Å². The molecule has 0 unspecified atom stereocenters. The molecule has 0 saturated carbocycles. The molecule has 0 amide bonds. The smallest absolute Gasteiger partial charge is 0.567 e. The van der Waals surface area contributed by atoms with Crippen molar-refractivity contribution in [3.63, 3.8) is 0 Å². The number of fused-ring (bicyclic) bond motifs is 1. The van der Waals surface area contributed by atoms with E-state index < -0.39 is 44.9 Å². The van der Waals surface area contributed by atoms with E-state index in [1.165, 1.54) is 10.9 Å². The minimum atomic E-state index is -4.51. The van der Waals surface area contributed by atoms with Crippen molar-refractivity contribution in [2.24, 2.45) is 0 Å². The van der Waals surface area contributed by atoms with Gasteiger partial charge in [-0.25, -0.2) is 4.98 Å². The molecule has 3 rings (SSSR count). The topological polar surface area (TPSA) is 309 Å². The van der Waals surface area contributed by atoms with Gasteiger partial charge in [-0.15, -0.1) is 0 Å². The minimum absolute atomic E-state index is 0. The fourth-order valence-corrected chi connectivity index (χ4v) is 2.75. The molecule has 16 nitrogen and oxygen atoms in total. The zero-order valence-electron chi connectivity index (χ0n) is 14.1. The summed E-state index contributed by atoms with van der Waals surface area (Å²) in [5.41, 5.74) is 4.88. The molecule has 1 aliphatic rings. The Labute approximate surface area is 171 Å². The van der Waals surface area contributed by atoms with Crippen molar-refractivity contribution in [3.05, 3.63) is 16.7 Å². The van der Waals surface area contributed by atoms with Crippen LogP contribution in [0.15, 0.2) is 11.1 Å². The first kappa shape index (κ1) is 29.1. The van der Waals surface area contributed by atoms with E-state index in [2.05, 4.69) is 19.5 Å². The van der Waals surface area contributed by atoms with Crippen LogP contribution in [0.1, 0.15) is 6.23 Å². The number of ether oxygens (including phenoxy) is 1. The van der Waals surface area contributed by atoms with Gasteiger partial charge in [0.2, 0.25) is 5.95 Å². The summed E-state index contributed by atoms with van der Waals surface area (Å²) < 4.78 is 11.0. The van der Waals surface area contributed by atoms with Gasteiger partial charge >= 0.3 is 8.17 Å². The zero-order chi connectivity index (χ0) is 17.6. The van der Waals surface area contributed by atoms with Crippen LogP contribution in [-0.4, -0.2) is 74.8 Å². The maximum Gasteiger partial charge on any atom is 0.567 e. The third-order valence-electron chi connectivity index (χ3n) is 3.47. The van der Waals surface area contributed by atoms with E-state index in [-0.39, 0.29) is 56.0 Å². The van der Waals surface area contributed by atoms with E-state index in [4.69, 9.17) is 25.2 Å². The normalized spacial score (nSPS) is 23.9. The Morgan fingerprint density at radius 1 is 1.29 bits per heavy atom. The van der Waals surface area contributed by atoms with Gasteiger partial charge in [0.1, 0.15) is 24.9 Å². The van der Waals surface area contributed by atoms with Crippen molar-refractivity contribution in [1.82, 2.24) is 31.8 Å². The zero-order valence-corrected chi connectivity index (χ0v) is 17.3. The third-order valence-corrected chi connectivity index (χ3v) is 3.97. The van der Waals surface area contributed by atoms with Gasteiger partial charge in [-0.1, -0.05) is 0 Å². The minimum Gasteiger partial charge on any atom is -0.870 e. The van der Waals surface area contributed by atoms with Crippen LogP contribution in [0.4, 0.5) is 5.95 Å². The maximum atomic E-state index is 11.7. The van der Waals surface area contributed by atoms with Crippen molar-refractivity contribution in [2.45, 2.75) is 24.5 Å². The Balaban J connectivity index is 0. The SMILES string of the molecule is N.N.Nc1nc2c(ncn2[C@H]2O[C@@H](CO[P+](O)(O)O)[C@H](O)[C@@H]2O)c(=O)[nH]1.[OH-].[Pt]. The van der Waals surface area contributed by atoms with Gasteiger partial charge in [-0.3, -0.25) is 14.3 Å². The number of nitrogens with zero attached hydrogens (tertiary/aromatic N) is 3. The summed E-state index contributed by atoms with van der Waals surface area (Å²) in [6.45, 7) is -0.589. The van der Waals surface area contributed by atoms with Crippen molar-refractivity contribution < 1.29 is 60.7 Å². The number of aliphatic hydroxyl groups is 2. The monoisotopic (exact) mass is 610 g/mol. The van der Waals surface area contributed by atoms with Gasteiger partial charge in [0.05, 0.1) is 6.33 Å². The Kier molecular flexibility index (Phi) is 11.0. The van der Waals surface area contributed by atoms with Gasteiger partial charge in [-0.2, -0.15) is 24.2 Å². The van der Waals surface area contributed by atoms with Crippen molar-refractivity contribution in [2.75, 3.05) is 12.3 Å². The fourth-order valence-electron chi connectivity index (χ4n) is 2.40. The maximum absolute atomic E-state index is 11.7. The molecular weight excluding hydrogens is 588 g/mol. The number of rotatable bonds is 4. The van der Waals surface area contributed by atoms with Gasteiger partial charge < -0.3 is 38.5 Å². The number of aliphatic hydroxyl groups excluding tert-OH is 2. The Morgan fingerprint density at radius 3 is 2.46 bits per heavy atom. The van der Waals surface area contributed by atoms with Crippen LogP contribution in [-0.2, 0) is 30.3 Å². The summed E-state index contributed by atoms with van der Waals surface area (Å²) in [5, 5.41) is 20.1. The number of anilines is 1. The average Bonchev–Trinajstić information content (AvgIpc) is 3.00. The van der Waals surface area contributed by atoms with Gasteiger partial charge in [0.25, 0.3) is 5.56 Å². The van der Waals surface area contributed by atoms with Gasteiger partial charge in [0, 0.05) is 21.1 Å². The molecule has 2 aromatic heterocycles. The van der Waals surface area contributed by atoms with Gasteiger partial charge in [-0.05, 0) is 0 Å². The molecule has 1 saturated heterocycles. The van der Waals surface area contributed by atoms with Crippen LogP contribution in [0.5, 0.6) is 0 Å². The van der Waals surface area contributed by atoms with Crippen LogP contribution < -0.4 is 23.6 Å². The van der Waals surface area contributed by atoms with E-state index in [0.29, 0.717) is 0 Å². The number of hydrogen-bond acceptors (Lipinski definition) is 14. The molecule has 0 aromatic carbocycles. The van der Waals surface area contributed by atoms with Crippen molar-refractivity contribution in [1.29, 1.82) is 0 Å². The van der Waals surface area contributed by atoms with Crippen LogP contribution in [0.2, 0.25) is 0 Å². The quantitative estimate of drug-likeness (QED) is 0.157. The van der Waals surface area contributed by atoms with Gasteiger partial charge in [0.15, 0.2) is 17.4 Å². The molecule has 15 N–H and O–H groups in total. The molecule has 0 aliphatic carbocycles. The number of hydrogen-bond donors (Lipinski definition) is 9. The number of imidazole rings is 1. The first-order valence-corrected chi connectivity index (χ1v) is 8.19. The summed E-state index contributed by atoms with van der Waals surface area (Å²) in [6.07, 6.45) is -4.10. The summed E-state index contributed by atoms with van der Waals surface area (Å²) >= 11 is 0. The molecule has 3 heterocycles. The average molecular weight is 610 g/mol. The molecular formula is C10H22N7O9PPt.